The highest BCUT2D eigenvalue weighted by atomic mass is 79.9. The van der Waals surface area contributed by atoms with Gasteiger partial charge >= 0.3 is 19.4 Å². The number of nitrogens with two attached hydrogens (primary N) is 1. The van der Waals surface area contributed by atoms with Gasteiger partial charge in [-0.05, 0) is 55.8 Å². The highest BCUT2D eigenvalue weighted by Crippen LogP contribution is 2.48. The normalized spacial score (nSPS) is 26.0. The SMILES string of the molecule is CC(C)OC(=O)[C@@H](C)N[P@](=O)(OC[C@H]1O[C@@H](n2cc(Br)c(N)nc2=O)[C@](C)(Cl)[C@@H]1O)Oc1ccccc1. The molecule has 1 aromatic heterocycles. The van der Waals surface area contributed by atoms with Crippen LogP contribution in [0.5, 0.6) is 5.75 Å². The number of nitrogens with zero attached hydrogens (tertiary/aromatic N) is 2. The number of esters is 1. The van der Waals surface area contributed by atoms with Crippen LogP contribution in [0.15, 0.2) is 45.8 Å². The maximum absolute atomic E-state index is 13.7. The fourth-order valence-corrected chi connectivity index (χ4v) is 5.59. The van der Waals surface area contributed by atoms with Gasteiger partial charge in [-0.3, -0.25) is 13.9 Å². The number of hydrogen-bond acceptors (Lipinski definition) is 10. The third-order valence-electron chi connectivity index (χ3n) is 5.34. The number of alkyl halides is 1. The average molecular weight is 624 g/mol. The number of carbonyl (C=O) groups is 1. The van der Waals surface area contributed by atoms with Crippen LogP contribution in [0.4, 0.5) is 5.82 Å². The Morgan fingerprint density at radius 2 is 2.03 bits per heavy atom. The molecule has 0 bridgehead atoms. The molecule has 1 fully saturated rings. The van der Waals surface area contributed by atoms with Crippen LogP contribution in [0.3, 0.4) is 0 Å². The van der Waals surface area contributed by atoms with Gasteiger partial charge in [-0.15, -0.1) is 11.6 Å². The lowest BCUT2D eigenvalue weighted by atomic mass is 10.0. The lowest BCUT2D eigenvalue weighted by Gasteiger charge is -2.26. The molecule has 0 amide bonds. The molecule has 204 valence electrons. The van der Waals surface area contributed by atoms with E-state index in [1.807, 2.05) is 0 Å². The summed E-state index contributed by atoms with van der Waals surface area (Å²) in [4.78, 5) is 27.0. The van der Waals surface area contributed by atoms with E-state index in [-0.39, 0.29) is 11.6 Å². The number of carbonyl (C=O) groups excluding carboxylic acids is 1. The van der Waals surface area contributed by atoms with Gasteiger partial charge in [-0.25, -0.2) is 9.36 Å². The molecule has 15 heteroatoms. The highest BCUT2D eigenvalue weighted by molar-refractivity contribution is 9.10. The summed E-state index contributed by atoms with van der Waals surface area (Å²) in [7, 11) is -4.22. The predicted octanol–water partition coefficient (Wildman–Crippen LogP) is 2.98. The van der Waals surface area contributed by atoms with Gasteiger partial charge in [0.05, 0.1) is 17.2 Å². The maximum Gasteiger partial charge on any atom is 0.459 e. The lowest BCUT2D eigenvalue weighted by Crippen LogP contribution is -2.42. The minimum atomic E-state index is -4.22. The van der Waals surface area contributed by atoms with E-state index in [0.717, 1.165) is 4.57 Å². The predicted molar refractivity (Wildman–Crippen MR) is 139 cm³/mol. The number of halogens is 2. The van der Waals surface area contributed by atoms with Gasteiger partial charge in [0.15, 0.2) is 6.23 Å². The van der Waals surface area contributed by atoms with E-state index in [9.17, 15) is 19.3 Å². The van der Waals surface area contributed by atoms with Crippen molar-refractivity contribution in [3.63, 3.8) is 0 Å². The summed E-state index contributed by atoms with van der Waals surface area (Å²) < 4.78 is 37.3. The van der Waals surface area contributed by atoms with Gasteiger partial charge in [-0.2, -0.15) is 10.1 Å². The quantitative estimate of drug-likeness (QED) is 0.202. The first-order chi connectivity index (χ1) is 17.2. The Bertz CT molecular complexity index is 1210. The third-order valence-corrected chi connectivity index (χ3v) is 8.00. The molecule has 0 spiro atoms. The van der Waals surface area contributed by atoms with Crippen molar-refractivity contribution in [1.29, 1.82) is 0 Å². The van der Waals surface area contributed by atoms with Gasteiger partial charge in [0, 0.05) is 6.20 Å². The number of aliphatic hydroxyl groups is 1. The number of para-hydroxylation sites is 1. The van der Waals surface area contributed by atoms with Crippen LogP contribution in [0.1, 0.15) is 33.9 Å². The summed E-state index contributed by atoms with van der Waals surface area (Å²) in [6.45, 7) is 5.81. The molecule has 0 radical (unpaired) electrons. The van der Waals surface area contributed by atoms with Crippen LogP contribution >= 0.6 is 35.3 Å². The highest BCUT2D eigenvalue weighted by Gasteiger charge is 2.54. The minimum absolute atomic E-state index is 0.0221. The summed E-state index contributed by atoms with van der Waals surface area (Å²) in [6, 6.07) is 7.12. The number of anilines is 1. The van der Waals surface area contributed by atoms with Crippen LogP contribution in [0, 0.1) is 0 Å². The van der Waals surface area contributed by atoms with Gasteiger partial charge < -0.3 is 24.8 Å². The van der Waals surface area contributed by atoms with Crippen molar-refractivity contribution in [1.82, 2.24) is 14.6 Å². The van der Waals surface area contributed by atoms with Crippen LogP contribution < -0.4 is 21.0 Å². The van der Waals surface area contributed by atoms with E-state index in [4.69, 9.17) is 35.9 Å². The van der Waals surface area contributed by atoms with Gasteiger partial charge in [0.2, 0.25) is 0 Å². The molecule has 12 nitrogen and oxygen atoms in total. The van der Waals surface area contributed by atoms with Crippen molar-refractivity contribution in [2.24, 2.45) is 0 Å². The zero-order chi connectivity index (χ0) is 27.5. The molecule has 0 aliphatic carbocycles. The zero-order valence-corrected chi connectivity index (χ0v) is 23.8. The van der Waals surface area contributed by atoms with Gasteiger partial charge in [0.1, 0.15) is 34.7 Å². The topological polar surface area (TPSA) is 164 Å². The fraction of sp³-hybridized carbons (Fsp3) is 0.500. The van der Waals surface area contributed by atoms with E-state index in [0.29, 0.717) is 4.47 Å². The number of aliphatic hydroxyl groups excluding tert-OH is 1. The second kappa shape index (κ2) is 11.8. The Morgan fingerprint density at radius 3 is 2.65 bits per heavy atom. The molecule has 0 unspecified atom stereocenters. The molecular formula is C22H29BrClN4O8P. The number of nitrogen functional groups attached to an aromatic ring is 1. The molecule has 1 aromatic carbocycles. The van der Waals surface area contributed by atoms with Crippen LogP contribution in [0.2, 0.25) is 0 Å². The molecule has 1 aliphatic heterocycles. The van der Waals surface area contributed by atoms with Crippen molar-refractivity contribution in [2.45, 2.75) is 63.2 Å². The van der Waals surface area contributed by atoms with E-state index in [1.165, 1.54) is 20.0 Å². The molecule has 1 saturated heterocycles. The van der Waals surface area contributed by atoms with E-state index in [2.05, 4.69) is 26.0 Å². The average Bonchev–Trinajstić information content (AvgIpc) is 3.03. The Kier molecular flexibility index (Phi) is 9.44. The molecule has 3 rings (SSSR count). The van der Waals surface area contributed by atoms with Crippen molar-refractivity contribution in [2.75, 3.05) is 12.3 Å². The standard InChI is InChI=1S/C22H29BrClN4O8P/c1-12(2)34-19(30)13(3)27-37(32,36-14-8-6-5-7-9-14)33-11-16-17(29)22(4,24)20(35-16)28-10-15(23)18(25)26-21(28)31/h5-10,12-13,16-17,20,29H,11H2,1-4H3,(H,27,32)(H2,25,26,31)/t13-,16-,17-,20-,22-,37+/m1/s1. The third kappa shape index (κ3) is 7.11. The molecule has 2 aromatic rings. The minimum Gasteiger partial charge on any atom is -0.462 e. The first-order valence-corrected chi connectivity index (χ1v) is 14.0. The lowest BCUT2D eigenvalue weighted by molar-refractivity contribution is -0.149. The largest absolute Gasteiger partial charge is 0.462 e. The summed E-state index contributed by atoms with van der Waals surface area (Å²) in [5.74, 6) is -0.479. The number of ether oxygens (including phenoxy) is 2. The number of aromatic nitrogens is 2. The fourth-order valence-electron chi connectivity index (χ4n) is 3.48. The summed E-state index contributed by atoms with van der Waals surface area (Å²) in [5.41, 5.74) is 4.91. The Labute approximate surface area is 227 Å². The van der Waals surface area contributed by atoms with Crippen LogP contribution in [-0.2, 0) is 23.4 Å². The van der Waals surface area contributed by atoms with Crippen LogP contribution in [0.25, 0.3) is 0 Å². The van der Waals surface area contributed by atoms with Crippen molar-refractivity contribution < 1.29 is 33.0 Å². The Morgan fingerprint density at radius 1 is 1.38 bits per heavy atom. The zero-order valence-electron chi connectivity index (χ0n) is 20.5. The molecule has 37 heavy (non-hydrogen) atoms. The number of hydrogen-bond donors (Lipinski definition) is 3. The smallest absolute Gasteiger partial charge is 0.459 e. The maximum atomic E-state index is 13.7. The second-order valence-electron chi connectivity index (χ2n) is 8.82. The first-order valence-electron chi connectivity index (χ1n) is 11.3. The van der Waals surface area contributed by atoms with E-state index >= 15 is 0 Å². The summed E-state index contributed by atoms with van der Waals surface area (Å²) in [5, 5.41) is 13.4. The number of nitrogens with one attached hydrogen (secondary N) is 1. The monoisotopic (exact) mass is 622 g/mol. The van der Waals surface area contributed by atoms with E-state index in [1.54, 1.807) is 44.2 Å². The van der Waals surface area contributed by atoms with Gasteiger partial charge in [-0.1, -0.05) is 18.2 Å². The molecule has 1 aliphatic rings. The molecule has 6 atom stereocenters. The molecule has 0 saturated carbocycles. The first kappa shape index (κ1) is 29.6. The van der Waals surface area contributed by atoms with Crippen LogP contribution in [-0.4, -0.2) is 56.5 Å². The van der Waals surface area contributed by atoms with E-state index < -0.39 is 61.5 Å². The Balaban J connectivity index is 1.81. The van der Waals surface area contributed by atoms with Crippen molar-refractivity contribution >= 4 is 47.1 Å². The molecule has 4 N–H and O–H groups in total. The molecule has 2 heterocycles. The van der Waals surface area contributed by atoms with Gasteiger partial charge in [0.25, 0.3) is 0 Å². The van der Waals surface area contributed by atoms with Crippen molar-refractivity contribution in [3.8, 4) is 5.75 Å². The summed E-state index contributed by atoms with van der Waals surface area (Å²) in [6.07, 6.45) is -2.71. The molecular weight excluding hydrogens is 595 g/mol. The van der Waals surface area contributed by atoms with Crippen molar-refractivity contribution in [3.05, 3.63) is 51.5 Å². The number of rotatable bonds is 10. The number of benzene rings is 1. The second-order valence-corrected chi connectivity index (χ2v) is 12.2. The Hall–Kier alpha value is -1.99. The summed E-state index contributed by atoms with van der Waals surface area (Å²) >= 11 is 9.79.